The van der Waals surface area contributed by atoms with Crippen molar-refractivity contribution in [3.05, 3.63) is 70.7 Å². The van der Waals surface area contributed by atoms with Gasteiger partial charge in [-0.25, -0.2) is 24.9 Å². The highest BCUT2D eigenvalue weighted by atomic mass is 19.4. The van der Waals surface area contributed by atoms with Gasteiger partial charge in [-0.3, -0.25) is 0 Å². The van der Waals surface area contributed by atoms with E-state index in [1.54, 1.807) is 10.9 Å². The van der Waals surface area contributed by atoms with Crippen molar-refractivity contribution < 1.29 is 13.2 Å². The number of fused-ring (bicyclic) bond motifs is 1. The van der Waals surface area contributed by atoms with E-state index >= 15 is 0 Å². The highest BCUT2D eigenvalue weighted by Gasteiger charge is 2.35. The van der Waals surface area contributed by atoms with Gasteiger partial charge in [-0.15, -0.1) is 0 Å². The molecule has 6 rings (SSSR count). The molecule has 0 bridgehead atoms. The van der Waals surface area contributed by atoms with Crippen molar-refractivity contribution in [3.8, 4) is 22.8 Å². The number of anilines is 1. The number of alkyl halides is 3. The number of aryl methyl sites for hydroxylation is 3. The number of nitrogens with zero attached hydrogens (tertiary/aromatic N) is 6. The lowest BCUT2D eigenvalue weighted by Crippen LogP contribution is -2.08. The summed E-state index contributed by atoms with van der Waals surface area (Å²) < 4.78 is 41.6. The summed E-state index contributed by atoms with van der Waals surface area (Å²) in [4.78, 5) is 23.1. The van der Waals surface area contributed by atoms with Crippen LogP contribution in [0.3, 0.4) is 0 Å². The Bertz CT molecular complexity index is 1540. The Hall–Kier alpha value is -3.82. The maximum Gasteiger partial charge on any atom is 0.434 e. The van der Waals surface area contributed by atoms with Gasteiger partial charge < -0.3 is 9.88 Å². The van der Waals surface area contributed by atoms with Gasteiger partial charge in [0, 0.05) is 35.8 Å². The van der Waals surface area contributed by atoms with Gasteiger partial charge in [0.1, 0.15) is 18.0 Å². The molecule has 1 aromatic carbocycles. The Morgan fingerprint density at radius 3 is 2.45 bits per heavy atom. The molecule has 4 heterocycles. The van der Waals surface area contributed by atoms with Crippen LogP contribution in [-0.4, -0.2) is 36.0 Å². The molecule has 0 atom stereocenters. The van der Waals surface area contributed by atoms with Gasteiger partial charge in [0.2, 0.25) is 0 Å². The molecule has 1 fully saturated rings. The molecule has 4 aromatic rings. The fourth-order valence-corrected chi connectivity index (χ4v) is 5.40. The maximum atomic E-state index is 13.3. The standard InChI is InChI=1S/C30H32F3N7/c1-4-22-25(26(19-10-11-19)36-16-35-22)28-37-23(21-13-14-34-27(21)39-28)12-7-18-5-8-20(9-6-18)29-38-24(30(31,32)33)15-40(29)17(2)3/h5-6,8-9,15-17,19H,4,7,10-14H2,1-3H3,(H,34,37,39). The summed E-state index contributed by atoms with van der Waals surface area (Å²) in [6.45, 7) is 6.62. The van der Waals surface area contributed by atoms with Crippen molar-refractivity contribution in [1.82, 2.24) is 29.5 Å². The first-order valence-electron chi connectivity index (χ1n) is 14.0. The molecule has 7 nitrogen and oxygen atoms in total. The third-order valence-electron chi connectivity index (χ3n) is 7.68. The largest absolute Gasteiger partial charge is 0.434 e. The second-order valence-corrected chi connectivity index (χ2v) is 10.9. The monoisotopic (exact) mass is 547 g/mol. The average Bonchev–Trinajstić information content (AvgIpc) is 3.48. The zero-order chi connectivity index (χ0) is 28.0. The van der Waals surface area contributed by atoms with Gasteiger partial charge in [0.05, 0.1) is 22.6 Å². The van der Waals surface area contributed by atoms with Crippen molar-refractivity contribution in [2.24, 2.45) is 0 Å². The molecule has 1 N–H and O–H groups in total. The quantitative estimate of drug-likeness (QED) is 0.268. The highest BCUT2D eigenvalue weighted by Crippen LogP contribution is 2.44. The number of halogens is 3. The van der Waals surface area contributed by atoms with E-state index in [-0.39, 0.29) is 6.04 Å². The SMILES string of the molecule is CCc1ncnc(C2CC2)c1-c1nc(CCc2ccc(-c3nc(C(F)(F)F)cn3C(C)C)cc2)c2c(n1)NCC2. The van der Waals surface area contributed by atoms with E-state index in [0.29, 0.717) is 23.1 Å². The third-order valence-corrected chi connectivity index (χ3v) is 7.68. The molecule has 2 aliphatic rings. The summed E-state index contributed by atoms with van der Waals surface area (Å²) >= 11 is 0. The number of aromatic nitrogens is 6. The van der Waals surface area contributed by atoms with E-state index < -0.39 is 11.9 Å². The van der Waals surface area contributed by atoms with Crippen LogP contribution < -0.4 is 5.32 Å². The van der Waals surface area contributed by atoms with E-state index in [1.807, 2.05) is 38.1 Å². The fraction of sp³-hybridized carbons (Fsp3) is 0.433. The number of hydrogen-bond acceptors (Lipinski definition) is 6. The molecule has 10 heteroatoms. The summed E-state index contributed by atoms with van der Waals surface area (Å²) in [5, 5.41) is 3.42. The Morgan fingerprint density at radius 1 is 1.00 bits per heavy atom. The Balaban J connectivity index is 1.27. The van der Waals surface area contributed by atoms with Crippen molar-refractivity contribution in [2.75, 3.05) is 11.9 Å². The summed E-state index contributed by atoms with van der Waals surface area (Å²) in [5.41, 5.74) is 6.05. The summed E-state index contributed by atoms with van der Waals surface area (Å²) in [5.74, 6) is 2.36. The van der Waals surface area contributed by atoms with Crippen LogP contribution in [0.2, 0.25) is 0 Å². The number of hydrogen-bond donors (Lipinski definition) is 1. The number of nitrogens with one attached hydrogen (secondary N) is 1. The predicted octanol–water partition coefficient (Wildman–Crippen LogP) is 6.59. The third kappa shape index (κ3) is 5.07. The maximum absolute atomic E-state index is 13.3. The van der Waals surface area contributed by atoms with Gasteiger partial charge in [-0.1, -0.05) is 31.2 Å². The van der Waals surface area contributed by atoms with Crippen molar-refractivity contribution in [3.63, 3.8) is 0 Å². The van der Waals surface area contributed by atoms with E-state index in [9.17, 15) is 13.2 Å². The van der Waals surface area contributed by atoms with Crippen molar-refractivity contribution in [2.45, 2.75) is 77.4 Å². The van der Waals surface area contributed by atoms with Crippen molar-refractivity contribution in [1.29, 1.82) is 0 Å². The van der Waals surface area contributed by atoms with Crippen LogP contribution in [0.1, 0.15) is 79.5 Å². The Labute approximate surface area is 231 Å². The first-order valence-corrected chi connectivity index (χ1v) is 14.0. The molecule has 1 saturated carbocycles. The van der Waals surface area contributed by atoms with Crippen LogP contribution in [0.15, 0.2) is 36.8 Å². The molecule has 0 radical (unpaired) electrons. The molecule has 0 unspecified atom stereocenters. The zero-order valence-corrected chi connectivity index (χ0v) is 22.9. The Morgan fingerprint density at radius 2 is 1.77 bits per heavy atom. The van der Waals surface area contributed by atoms with Gasteiger partial charge in [0.25, 0.3) is 0 Å². The summed E-state index contributed by atoms with van der Waals surface area (Å²) in [6.07, 6.45) is 3.67. The number of benzene rings is 1. The lowest BCUT2D eigenvalue weighted by molar-refractivity contribution is -0.140. The summed E-state index contributed by atoms with van der Waals surface area (Å²) in [7, 11) is 0. The zero-order valence-electron chi connectivity index (χ0n) is 22.9. The average molecular weight is 548 g/mol. The minimum Gasteiger partial charge on any atom is -0.369 e. The van der Waals surface area contributed by atoms with E-state index in [2.05, 4.69) is 27.2 Å². The first kappa shape index (κ1) is 26.4. The molecule has 0 saturated heterocycles. The van der Waals surface area contributed by atoms with Crippen LogP contribution >= 0.6 is 0 Å². The molecule has 1 aliphatic heterocycles. The molecular weight excluding hydrogens is 515 g/mol. The normalized spacial score (nSPS) is 15.0. The van der Waals surface area contributed by atoms with Gasteiger partial charge in [-0.2, -0.15) is 13.2 Å². The van der Waals surface area contributed by atoms with Crippen LogP contribution in [0.25, 0.3) is 22.8 Å². The molecule has 0 amide bonds. The summed E-state index contributed by atoms with van der Waals surface area (Å²) in [6, 6.07) is 7.49. The number of imidazole rings is 1. The molecule has 40 heavy (non-hydrogen) atoms. The van der Waals surface area contributed by atoms with Crippen LogP contribution in [0.4, 0.5) is 19.0 Å². The van der Waals surface area contributed by atoms with Crippen LogP contribution in [0, 0.1) is 0 Å². The minimum absolute atomic E-state index is 0.149. The molecule has 1 aliphatic carbocycles. The lowest BCUT2D eigenvalue weighted by atomic mass is 10.0. The Kier molecular flexibility index (Phi) is 6.80. The molecule has 208 valence electrons. The number of rotatable bonds is 8. The van der Waals surface area contributed by atoms with E-state index in [4.69, 9.17) is 9.97 Å². The second kappa shape index (κ2) is 10.3. The van der Waals surface area contributed by atoms with Crippen molar-refractivity contribution >= 4 is 5.82 Å². The van der Waals surface area contributed by atoms with Gasteiger partial charge in [-0.05, 0) is 57.9 Å². The molecule has 0 spiro atoms. The van der Waals surface area contributed by atoms with Gasteiger partial charge in [0.15, 0.2) is 11.5 Å². The lowest BCUT2D eigenvalue weighted by Gasteiger charge is -2.14. The predicted molar refractivity (Wildman–Crippen MR) is 147 cm³/mol. The smallest absolute Gasteiger partial charge is 0.369 e. The highest BCUT2D eigenvalue weighted by molar-refractivity contribution is 5.66. The first-order chi connectivity index (χ1) is 19.2. The van der Waals surface area contributed by atoms with E-state index in [0.717, 1.165) is 90.9 Å². The molecular formula is C30H32F3N7. The topological polar surface area (TPSA) is 81.4 Å². The van der Waals surface area contributed by atoms with E-state index in [1.165, 1.54) is 0 Å². The molecule has 3 aromatic heterocycles. The minimum atomic E-state index is -4.48. The van der Waals surface area contributed by atoms with Gasteiger partial charge >= 0.3 is 6.18 Å². The van der Waals surface area contributed by atoms with Crippen LogP contribution in [-0.2, 0) is 31.9 Å². The fourth-order valence-electron chi connectivity index (χ4n) is 5.40. The van der Waals surface area contributed by atoms with Crippen LogP contribution in [0.5, 0.6) is 0 Å². The second-order valence-electron chi connectivity index (χ2n) is 10.9.